The molecule has 0 aliphatic rings. The zero-order chi connectivity index (χ0) is 15.3. The van der Waals surface area contributed by atoms with Crippen LogP contribution in [0.15, 0.2) is 23.1 Å². The van der Waals surface area contributed by atoms with Gasteiger partial charge in [0.15, 0.2) is 0 Å². The summed E-state index contributed by atoms with van der Waals surface area (Å²) in [6, 6.07) is 2.62. The summed E-state index contributed by atoms with van der Waals surface area (Å²) >= 11 is 0. The van der Waals surface area contributed by atoms with Gasteiger partial charge in [0.25, 0.3) is 0 Å². The molecule has 1 N–H and O–H groups in total. The topological polar surface area (TPSA) is 130 Å². The monoisotopic (exact) mass is 326 g/mol. The molecule has 8 nitrogen and oxygen atoms in total. The fraction of sp³-hybridized carbons (Fsp3) is 0.273. The number of esters is 2. The average Bonchev–Trinajstić information content (AvgIpc) is 2.42. The predicted octanol–water partition coefficient (Wildman–Crippen LogP) is -3.47. The van der Waals surface area contributed by atoms with Crippen molar-refractivity contribution in [1.29, 1.82) is 0 Å². The first-order valence-electron chi connectivity index (χ1n) is 5.27. The molecule has 0 radical (unpaired) electrons. The van der Waals surface area contributed by atoms with Gasteiger partial charge in [-0.05, 0) is 18.2 Å². The molecule has 0 aliphatic carbocycles. The van der Waals surface area contributed by atoms with Gasteiger partial charge in [-0.3, -0.25) is 0 Å². The fourth-order valence-electron chi connectivity index (χ4n) is 1.32. The Morgan fingerprint density at radius 1 is 1.19 bits per heavy atom. The van der Waals surface area contributed by atoms with Crippen molar-refractivity contribution in [3.63, 3.8) is 0 Å². The molecule has 0 fully saturated rings. The standard InChI is InChI=1S/C11H12O8S.Na/c1-18-10(13)7-4-8(11(14)19-3-2-12)6-9(5-7)20(15,16)17;/h4-6,12H,2-3H2,1H3,(H,15,16,17);/q;+1/p-1. The second-order valence-corrected chi connectivity index (χ2v) is 4.93. The Kier molecular flexibility index (Phi) is 8.08. The maximum absolute atomic E-state index is 11.6. The van der Waals surface area contributed by atoms with Crippen LogP contribution in [0.3, 0.4) is 0 Å². The predicted molar refractivity (Wildman–Crippen MR) is 63.1 cm³/mol. The Balaban J connectivity index is 0.00000400. The smallest absolute Gasteiger partial charge is 0.744 e. The molecule has 0 unspecified atom stereocenters. The number of hydrogen-bond acceptors (Lipinski definition) is 8. The van der Waals surface area contributed by atoms with Gasteiger partial charge in [0, 0.05) is 0 Å². The van der Waals surface area contributed by atoms with Gasteiger partial charge in [-0.25, -0.2) is 18.0 Å². The van der Waals surface area contributed by atoms with E-state index in [0.717, 1.165) is 25.3 Å². The number of aliphatic hydroxyl groups is 1. The molecular formula is C11H11NaO8S. The van der Waals surface area contributed by atoms with Crippen LogP contribution in [0.4, 0.5) is 0 Å². The van der Waals surface area contributed by atoms with Crippen LogP contribution in [-0.4, -0.2) is 50.3 Å². The molecule has 0 bridgehead atoms. The van der Waals surface area contributed by atoms with E-state index in [0.29, 0.717) is 0 Å². The molecule has 0 aliphatic heterocycles. The van der Waals surface area contributed by atoms with E-state index in [9.17, 15) is 22.6 Å². The normalized spacial score (nSPS) is 10.4. The minimum Gasteiger partial charge on any atom is -0.744 e. The van der Waals surface area contributed by atoms with Crippen molar-refractivity contribution in [1.82, 2.24) is 0 Å². The SMILES string of the molecule is COC(=O)c1cc(C(=O)OCCO)cc(S(=O)(=O)[O-])c1.[Na+]. The molecule has 0 amide bonds. The van der Waals surface area contributed by atoms with Crippen molar-refractivity contribution in [3.8, 4) is 0 Å². The Morgan fingerprint density at radius 3 is 2.14 bits per heavy atom. The van der Waals surface area contributed by atoms with E-state index >= 15 is 0 Å². The molecule has 1 aromatic rings. The first-order valence-corrected chi connectivity index (χ1v) is 6.67. The number of hydrogen-bond donors (Lipinski definition) is 1. The Morgan fingerprint density at radius 2 is 1.71 bits per heavy atom. The number of rotatable bonds is 5. The number of carbonyl (C=O) groups excluding carboxylic acids is 2. The van der Waals surface area contributed by atoms with Crippen molar-refractivity contribution in [2.75, 3.05) is 20.3 Å². The number of carbonyl (C=O) groups is 2. The zero-order valence-corrected chi connectivity index (χ0v) is 14.2. The molecule has 0 spiro atoms. The van der Waals surface area contributed by atoms with Gasteiger partial charge in [0.05, 0.1) is 29.7 Å². The van der Waals surface area contributed by atoms with Gasteiger partial charge in [0.2, 0.25) is 0 Å². The van der Waals surface area contributed by atoms with Crippen LogP contribution in [0.2, 0.25) is 0 Å². The molecule has 0 heterocycles. The summed E-state index contributed by atoms with van der Waals surface area (Å²) in [5, 5.41) is 8.53. The summed E-state index contributed by atoms with van der Waals surface area (Å²) in [5.41, 5.74) is -0.587. The Bertz CT molecular complexity index is 625. The van der Waals surface area contributed by atoms with Gasteiger partial charge in [-0.1, -0.05) is 0 Å². The van der Waals surface area contributed by atoms with Crippen molar-refractivity contribution in [2.24, 2.45) is 0 Å². The third kappa shape index (κ3) is 5.73. The number of benzene rings is 1. The number of ether oxygens (including phenoxy) is 2. The number of methoxy groups -OCH3 is 1. The van der Waals surface area contributed by atoms with Crippen LogP contribution in [-0.2, 0) is 19.6 Å². The molecule has 0 atom stereocenters. The minimum atomic E-state index is -4.86. The first kappa shape index (κ1) is 20.0. The third-order valence-corrected chi connectivity index (χ3v) is 2.99. The summed E-state index contributed by atoms with van der Waals surface area (Å²) in [7, 11) is -3.80. The van der Waals surface area contributed by atoms with Gasteiger partial charge < -0.3 is 19.1 Å². The average molecular weight is 326 g/mol. The maximum atomic E-state index is 11.6. The number of aliphatic hydroxyl groups excluding tert-OH is 1. The van der Waals surface area contributed by atoms with E-state index in [1.165, 1.54) is 0 Å². The van der Waals surface area contributed by atoms with Gasteiger partial charge in [-0.2, -0.15) is 0 Å². The Labute approximate surface area is 143 Å². The molecule has 10 heteroatoms. The van der Waals surface area contributed by atoms with Crippen molar-refractivity contribution >= 4 is 22.1 Å². The van der Waals surface area contributed by atoms with E-state index in [1.807, 2.05) is 0 Å². The summed E-state index contributed by atoms with van der Waals surface area (Å²) in [6.07, 6.45) is 0. The van der Waals surface area contributed by atoms with Crippen LogP contribution in [0.25, 0.3) is 0 Å². The van der Waals surface area contributed by atoms with Crippen LogP contribution in [0, 0.1) is 0 Å². The van der Waals surface area contributed by atoms with Crippen molar-refractivity contribution in [2.45, 2.75) is 4.90 Å². The first-order chi connectivity index (χ1) is 9.29. The van der Waals surface area contributed by atoms with Gasteiger partial charge >= 0.3 is 41.5 Å². The summed E-state index contributed by atoms with van der Waals surface area (Å²) in [6.45, 7) is -0.726. The van der Waals surface area contributed by atoms with E-state index in [4.69, 9.17) is 5.11 Å². The van der Waals surface area contributed by atoms with Crippen LogP contribution in [0.5, 0.6) is 0 Å². The third-order valence-electron chi connectivity index (χ3n) is 2.18. The molecule has 21 heavy (non-hydrogen) atoms. The van der Waals surface area contributed by atoms with E-state index in [1.54, 1.807) is 0 Å². The molecule has 1 rings (SSSR count). The second-order valence-electron chi connectivity index (χ2n) is 3.55. The molecule has 0 saturated heterocycles. The summed E-state index contributed by atoms with van der Waals surface area (Å²) < 4.78 is 41.9. The van der Waals surface area contributed by atoms with E-state index in [2.05, 4.69) is 9.47 Å². The van der Waals surface area contributed by atoms with E-state index in [-0.39, 0.29) is 47.3 Å². The maximum Gasteiger partial charge on any atom is 1.00 e. The molecule has 110 valence electrons. The zero-order valence-electron chi connectivity index (χ0n) is 11.4. The molecule has 0 aromatic heterocycles. The Hall–Kier alpha value is -0.970. The largest absolute Gasteiger partial charge is 1.00 e. The second kappa shape index (κ2) is 8.47. The summed E-state index contributed by atoms with van der Waals surface area (Å²) in [4.78, 5) is 22.2. The molecule has 1 aromatic carbocycles. The molecular weight excluding hydrogens is 315 g/mol. The van der Waals surface area contributed by atoms with Crippen LogP contribution >= 0.6 is 0 Å². The fourth-order valence-corrected chi connectivity index (χ4v) is 1.86. The van der Waals surface area contributed by atoms with Crippen molar-refractivity contribution < 1.29 is 66.7 Å². The minimum absolute atomic E-state index is 0. The molecule has 0 saturated carbocycles. The quantitative estimate of drug-likeness (QED) is 0.335. The van der Waals surface area contributed by atoms with Gasteiger partial charge in [-0.15, -0.1) is 0 Å². The summed E-state index contributed by atoms with van der Waals surface area (Å²) in [5.74, 6) is -1.89. The van der Waals surface area contributed by atoms with E-state index < -0.39 is 33.6 Å². The van der Waals surface area contributed by atoms with Crippen LogP contribution in [0.1, 0.15) is 20.7 Å². The van der Waals surface area contributed by atoms with Gasteiger partial charge in [0.1, 0.15) is 16.7 Å². The van der Waals surface area contributed by atoms with Crippen molar-refractivity contribution in [3.05, 3.63) is 29.3 Å². The van der Waals surface area contributed by atoms with Crippen LogP contribution < -0.4 is 29.6 Å².